The number of hydrogen-bond acceptors (Lipinski definition) is 4. The molecule has 2 amide bonds. The van der Waals surface area contributed by atoms with Gasteiger partial charge >= 0.3 is 0 Å². The summed E-state index contributed by atoms with van der Waals surface area (Å²) >= 11 is 12.2. The van der Waals surface area contributed by atoms with Crippen LogP contribution in [0.3, 0.4) is 0 Å². The van der Waals surface area contributed by atoms with Crippen molar-refractivity contribution < 1.29 is 14.3 Å². The van der Waals surface area contributed by atoms with Crippen molar-refractivity contribution >= 4 is 46.4 Å². The molecule has 0 aromatic heterocycles. The summed E-state index contributed by atoms with van der Waals surface area (Å²) in [6, 6.07) is 20.3. The van der Waals surface area contributed by atoms with Gasteiger partial charge in [0.1, 0.15) is 17.5 Å². The van der Waals surface area contributed by atoms with Crippen LogP contribution in [0.1, 0.15) is 6.42 Å². The van der Waals surface area contributed by atoms with Gasteiger partial charge in [0.2, 0.25) is 5.91 Å². The predicted octanol–water partition coefficient (Wildman–Crippen LogP) is 5.53. The maximum absolute atomic E-state index is 12.7. The molecule has 1 saturated heterocycles. The van der Waals surface area contributed by atoms with Crippen molar-refractivity contribution in [2.45, 2.75) is 12.5 Å². The van der Waals surface area contributed by atoms with Crippen molar-refractivity contribution in [3.05, 3.63) is 82.8 Å². The van der Waals surface area contributed by atoms with Crippen molar-refractivity contribution in [1.82, 2.24) is 0 Å². The van der Waals surface area contributed by atoms with Crippen LogP contribution in [0.2, 0.25) is 10.0 Å². The minimum Gasteiger partial charge on any atom is -0.456 e. The molecule has 3 aromatic rings. The topological polar surface area (TPSA) is 58.6 Å². The Morgan fingerprint density at radius 2 is 1.66 bits per heavy atom. The molecule has 7 heteroatoms. The van der Waals surface area contributed by atoms with Gasteiger partial charge < -0.3 is 10.1 Å². The Morgan fingerprint density at radius 1 is 0.931 bits per heavy atom. The van der Waals surface area contributed by atoms with Crippen LogP contribution < -0.4 is 15.0 Å². The van der Waals surface area contributed by atoms with E-state index in [1.807, 2.05) is 6.07 Å². The summed E-state index contributed by atoms with van der Waals surface area (Å²) in [6.07, 6.45) is 0.0778. The van der Waals surface area contributed by atoms with Gasteiger partial charge in [-0.3, -0.25) is 9.59 Å². The van der Waals surface area contributed by atoms with Gasteiger partial charge in [-0.2, -0.15) is 0 Å². The number of ether oxygens (including phenoxy) is 1. The lowest BCUT2D eigenvalue weighted by atomic mass is 10.2. The molecular weight excluding hydrogens is 411 g/mol. The van der Waals surface area contributed by atoms with Crippen LogP contribution in [-0.4, -0.2) is 17.9 Å². The summed E-state index contributed by atoms with van der Waals surface area (Å²) in [5.74, 6) is 0.539. The average molecular weight is 427 g/mol. The molecule has 1 N–H and O–H groups in total. The molecule has 5 nitrogen and oxygen atoms in total. The Balaban J connectivity index is 1.47. The zero-order valence-electron chi connectivity index (χ0n) is 15.1. The number of amides is 2. The van der Waals surface area contributed by atoms with Crippen LogP contribution >= 0.6 is 23.2 Å². The number of anilines is 2. The quantitative estimate of drug-likeness (QED) is 0.544. The fourth-order valence-corrected chi connectivity index (χ4v) is 3.44. The van der Waals surface area contributed by atoms with E-state index in [-0.39, 0.29) is 18.2 Å². The number of rotatable bonds is 5. The molecule has 1 heterocycles. The molecule has 0 bridgehead atoms. The molecule has 1 unspecified atom stereocenters. The van der Waals surface area contributed by atoms with Crippen LogP contribution in [0.25, 0.3) is 0 Å². The molecular formula is C22H16Cl2N2O3. The molecule has 0 aliphatic carbocycles. The Morgan fingerprint density at radius 3 is 2.34 bits per heavy atom. The first kappa shape index (κ1) is 19.3. The van der Waals surface area contributed by atoms with Gasteiger partial charge in [0, 0.05) is 10.7 Å². The summed E-state index contributed by atoms with van der Waals surface area (Å²) in [7, 11) is 0. The van der Waals surface area contributed by atoms with Crippen LogP contribution in [-0.2, 0) is 9.59 Å². The second kappa shape index (κ2) is 8.15. The van der Waals surface area contributed by atoms with E-state index < -0.39 is 6.04 Å². The second-order valence-electron chi connectivity index (χ2n) is 6.51. The lowest BCUT2D eigenvalue weighted by Gasteiger charge is -2.16. The zero-order valence-corrected chi connectivity index (χ0v) is 16.7. The number of benzene rings is 3. The van der Waals surface area contributed by atoms with Crippen LogP contribution in [0.5, 0.6) is 11.5 Å². The molecule has 0 saturated carbocycles. The Labute approximate surface area is 177 Å². The third-order valence-corrected chi connectivity index (χ3v) is 5.02. The van der Waals surface area contributed by atoms with Crippen molar-refractivity contribution in [2.24, 2.45) is 0 Å². The monoisotopic (exact) mass is 426 g/mol. The van der Waals surface area contributed by atoms with Gasteiger partial charge in [-0.15, -0.1) is 0 Å². The third kappa shape index (κ3) is 4.21. The van der Waals surface area contributed by atoms with Crippen molar-refractivity contribution in [3.8, 4) is 11.5 Å². The van der Waals surface area contributed by atoms with E-state index in [1.165, 1.54) is 4.90 Å². The maximum atomic E-state index is 12.7. The number of para-hydroxylation sites is 1. The van der Waals surface area contributed by atoms with Gasteiger partial charge in [0.25, 0.3) is 5.91 Å². The van der Waals surface area contributed by atoms with E-state index in [1.54, 1.807) is 66.7 Å². The number of halogens is 2. The zero-order chi connectivity index (χ0) is 20.4. The standard InChI is InChI=1S/C22H16Cl2N2O3/c23-14-6-9-17(10-7-14)29-20-11-8-15(12-18(20)24)25-19-13-21(27)26(22(19)28)16-4-2-1-3-5-16/h1-12,19,25H,13H2. The Kier molecular flexibility index (Phi) is 5.43. The Hall–Kier alpha value is -3.02. The molecule has 1 fully saturated rings. The lowest BCUT2D eigenvalue weighted by molar-refractivity contribution is -0.121. The van der Waals surface area contributed by atoms with Gasteiger partial charge in [0.05, 0.1) is 17.1 Å². The molecule has 4 rings (SSSR count). The van der Waals surface area contributed by atoms with Crippen molar-refractivity contribution in [1.29, 1.82) is 0 Å². The summed E-state index contributed by atoms with van der Waals surface area (Å²) in [4.78, 5) is 26.3. The first-order valence-electron chi connectivity index (χ1n) is 8.92. The summed E-state index contributed by atoms with van der Waals surface area (Å²) < 4.78 is 5.75. The number of nitrogens with zero attached hydrogens (tertiary/aromatic N) is 1. The van der Waals surface area contributed by atoms with E-state index in [0.717, 1.165) is 0 Å². The fourth-order valence-electron chi connectivity index (χ4n) is 3.10. The van der Waals surface area contributed by atoms with Crippen LogP contribution in [0.4, 0.5) is 11.4 Å². The van der Waals surface area contributed by atoms with E-state index in [4.69, 9.17) is 27.9 Å². The number of hydrogen-bond donors (Lipinski definition) is 1. The first-order valence-corrected chi connectivity index (χ1v) is 9.68. The molecule has 146 valence electrons. The number of imide groups is 1. The summed E-state index contributed by atoms with van der Waals surface area (Å²) in [5, 5.41) is 4.08. The molecule has 1 atom stereocenters. The first-order chi connectivity index (χ1) is 14.0. The molecule has 1 aliphatic heterocycles. The highest BCUT2D eigenvalue weighted by Crippen LogP contribution is 2.33. The highest BCUT2D eigenvalue weighted by atomic mass is 35.5. The summed E-state index contributed by atoms with van der Waals surface area (Å²) in [5.41, 5.74) is 1.19. The second-order valence-corrected chi connectivity index (χ2v) is 7.35. The van der Waals surface area contributed by atoms with E-state index >= 15 is 0 Å². The molecule has 1 aliphatic rings. The number of carbonyl (C=O) groups excluding carboxylic acids is 2. The summed E-state index contributed by atoms with van der Waals surface area (Å²) in [6.45, 7) is 0. The van der Waals surface area contributed by atoms with Gasteiger partial charge in [-0.1, -0.05) is 41.4 Å². The molecule has 0 spiro atoms. The van der Waals surface area contributed by atoms with Gasteiger partial charge in [-0.05, 0) is 54.6 Å². The smallest absolute Gasteiger partial charge is 0.256 e. The fraction of sp³-hybridized carbons (Fsp3) is 0.0909. The SMILES string of the molecule is O=C1CC(Nc2ccc(Oc3ccc(Cl)cc3)c(Cl)c2)C(=O)N1c1ccccc1. The minimum absolute atomic E-state index is 0.0778. The number of nitrogens with one attached hydrogen (secondary N) is 1. The van der Waals surface area contributed by atoms with Gasteiger partial charge in [-0.25, -0.2) is 4.90 Å². The van der Waals surface area contributed by atoms with Crippen LogP contribution in [0.15, 0.2) is 72.8 Å². The van der Waals surface area contributed by atoms with Gasteiger partial charge in [0.15, 0.2) is 0 Å². The van der Waals surface area contributed by atoms with E-state index in [0.29, 0.717) is 32.9 Å². The van der Waals surface area contributed by atoms with E-state index in [2.05, 4.69) is 5.32 Å². The lowest BCUT2D eigenvalue weighted by Crippen LogP contribution is -2.34. The largest absolute Gasteiger partial charge is 0.456 e. The van der Waals surface area contributed by atoms with Crippen LogP contribution in [0, 0.1) is 0 Å². The normalized spacial score (nSPS) is 16.2. The minimum atomic E-state index is -0.651. The molecule has 29 heavy (non-hydrogen) atoms. The maximum Gasteiger partial charge on any atom is 0.256 e. The molecule has 0 radical (unpaired) electrons. The highest BCUT2D eigenvalue weighted by molar-refractivity contribution is 6.32. The highest BCUT2D eigenvalue weighted by Gasteiger charge is 2.39. The Bertz CT molecular complexity index is 1060. The predicted molar refractivity (Wildman–Crippen MR) is 114 cm³/mol. The molecule has 3 aromatic carbocycles. The average Bonchev–Trinajstić information content (AvgIpc) is 2.99. The third-order valence-electron chi connectivity index (χ3n) is 4.48. The van der Waals surface area contributed by atoms with Crippen molar-refractivity contribution in [3.63, 3.8) is 0 Å². The van der Waals surface area contributed by atoms with Crippen molar-refractivity contribution in [2.75, 3.05) is 10.2 Å². The number of carbonyl (C=O) groups is 2. The van der Waals surface area contributed by atoms with E-state index in [9.17, 15) is 9.59 Å².